The molecule has 1 atom stereocenters. The Labute approximate surface area is 157 Å². The van der Waals surface area contributed by atoms with Crippen LogP contribution in [0.2, 0.25) is 5.02 Å². The Morgan fingerprint density at radius 3 is 2.60 bits per heavy atom. The summed E-state index contributed by atoms with van der Waals surface area (Å²) >= 11 is 7.49. The van der Waals surface area contributed by atoms with Gasteiger partial charge in [0.05, 0.1) is 12.6 Å². The predicted molar refractivity (Wildman–Crippen MR) is 103 cm³/mol. The molecule has 1 heterocycles. The average Bonchev–Trinajstić information content (AvgIpc) is 3.09. The van der Waals surface area contributed by atoms with Gasteiger partial charge in [-0.25, -0.2) is 0 Å². The summed E-state index contributed by atoms with van der Waals surface area (Å²) in [4.78, 5) is 27.2. The maximum Gasteiger partial charge on any atom is 0.238 e. The predicted octanol–water partition coefficient (Wildman–Crippen LogP) is 3.02. The van der Waals surface area contributed by atoms with E-state index >= 15 is 0 Å². The van der Waals surface area contributed by atoms with Gasteiger partial charge in [-0.3, -0.25) is 14.5 Å². The van der Waals surface area contributed by atoms with Crippen LogP contribution in [0.3, 0.4) is 0 Å². The topological polar surface area (TPSA) is 61.4 Å². The normalized spacial score (nSPS) is 12.0. The summed E-state index contributed by atoms with van der Waals surface area (Å²) in [6, 6.07) is 10.6. The van der Waals surface area contributed by atoms with Crippen LogP contribution < -0.4 is 10.6 Å². The van der Waals surface area contributed by atoms with E-state index in [1.165, 1.54) is 4.88 Å². The summed E-state index contributed by atoms with van der Waals surface area (Å²) < 4.78 is 0. The highest BCUT2D eigenvalue weighted by atomic mass is 35.5. The summed E-state index contributed by atoms with van der Waals surface area (Å²) in [7, 11) is 1.75. The lowest BCUT2D eigenvalue weighted by Crippen LogP contribution is -2.46. The highest BCUT2D eigenvalue weighted by Gasteiger charge is 2.19. The summed E-state index contributed by atoms with van der Waals surface area (Å²) in [6.07, 6.45) is 0.816. The summed E-state index contributed by atoms with van der Waals surface area (Å²) in [5.74, 6) is -0.263. The van der Waals surface area contributed by atoms with Crippen LogP contribution in [0, 0.1) is 0 Å². The monoisotopic (exact) mass is 379 g/mol. The van der Waals surface area contributed by atoms with Crippen molar-refractivity contribution >= 4 is 40.4 Å². The maximum atomic E-state index is 12.2. The van der Waals surface area contributed by atoms with Gasteiger partial charge in [0.25, 0.3) is 0 Å². The van der Waals surface area contributed by atoms with Gasteiger partial charge in [0.2, 0.25) is 11.8 Å². The zero-order valence-corrected chi connectivity index (χ0v) is 15.9. The van der Waals surface area contributed by atoms with Crippen LogP contribution in [0.5, 0.6) is 0 Å². The molecule has 134 valence electrons. The standard InChI is InChI=1S/C18H22ClN3O2S/c1-13(18(24)20-10-9-16-4-3-11-25-16)22(2)12-17(23)21-15-7-5-14(19)6-8-15/h3-8,11,13H,9-10,12H2,1-2H3,(H,20,24)(H,21,23)/t13-/m1/s1. The number of carbonyl (C=O) groups excluding carboxylic acids is 2. The zero-order valence-electron chi connectivity index (χ0n) is 14.3. The molecular formula is C18H22ClN3O2S. The van der Waals surface area contributed by atoms with E-state index < -0.39 is 0 Å². The molecular weight excluding hydrogens is 358 g/mol. The second-order valence-corrected chi connectivity index (χ2v) is 7.24. The first kappa shape index (κ1) is 19.4. The summed E-state index contributed by atoms with van der Waals surface area (Å²) in [6.45, 7) is 2.51. The molecule has 0 aliphatic carbocycles. The fraction of sp³-hybridized carbons (Fsp3) is 0.333. The number of benzene rings is 1. The molecule has 0 bridgehead atoms. The van der Waals surface area contributed by atoms with Gasteiger partial charge in [-0.1, -0.05) is 17.7 Å². The van der Waals surface area contributed by atoms with Gasteiger partial charge in [-0.15, -0.1) is 11.3 Å². The summed E-state index contributed by atoms with van der Waals surface area (Å²) in [5, 5.41) is 8.33. The van der Waals surface area contributed by atoms with E-state index in [-0.39, 0.29) is 24.4 Å². The van der Waals surface area contributed by atoms with Crippen LogP contribution in [0.1, 0.15) is 11.8 Å². The number of hydrogen-bond acceptors (Lipinski definition) is 4. The molecule has 0 spiro atoms. The van der Waals surface area contributed by atoms with Gasteiger partial charge >= 0.3 is 0 Å². The van der Waals surface area contributed by atoms with Crippen molar-refractivity contribution in [2.75, 3.05) is 25.5 Å². The molecule has 2 rings (SSSR count). The Hall–Kier alpha value is -1.89. The molecule has 2 amide bonds. The van der Waals surface area contributed by atoms with Crippen molar-refractivity contribution in [3.05, 3.63) is 51.7 Å². The molecule has 0 saturated carbocycles. The van der Waals surface area contributed by atoms with E-state index in [1.807, 2.05) is 17.5 Å². The third kappa shape index (κ3) is 6.49. The highest BCUT2D eigenvalue weighted by molar-refractivity contribution is 7.09. The largest absolute Gasteiger partial charge is 0.354 e. The molecule has 0 aliphatic rings. The highest BCUT2D eigenvalue weighted by Crippen LogP contribution is 2.13. The van der Waals surface area contributed by atoms with Gasteiger partial charge < -0.3 is 10.6 Å². The molecule has 1 aromatic carbocycles. The Morgan fingerprint density at radius 2 is 1.96 bits per heavy atom. The van der Waals surface area contributed by atoms with E-state index in [0.29, 0.717) is 17.3 Å². The average molecular weight is 380 g/mol. The van der Waals surface area contributed by atoms with Crippen LogP contribution in [0.25, 0.3) is 0 Å². The SMILES string of the molecule is C[C@H](C(=O)NCCc1cccs1)N(C)CC(=O)Nc1ccc(Cl)cc1. The van der Waals surface area contributed by atoms with Crippen molar-refractivity contribution in [2.45, 2.75) is 19.4 Å². The number of nitrogens with one attached hydrogen (secondary N) is 2. The van der Waals surface area contributed by atoms with Crippen molar-refractivity contribution in [3.8, 4) is 0 Å². The van der Waals surface area contributed by atoms with E-state index in [9.17, 15) is 9.59 Å². The number of amides is 2. The van der Waals surface area contributed by atoms with Gasteiger partial charge in [-0.2, -0.15) is 0 Å². The smallest absolute Gasteiger partial charge is 0.238 e. The van der Waals surface area contributed by atoms with Crippen molar-refractivity contribution < 1.29 is 9.59 Å². The molecule has 0 aliphatic heterocycles. The van der Waals surface area contributed by atoms with E-state index in [1.54, 1.807) is 54.5 Å². The molecule has 0 saturated heterocycles. The lowest BCUT2D eigenvalue weighted by atomic mass is 10.2. The summed E-state index contributed by atoms with van der Waals surface area (Å²) in [5.41, 5.74) is 0.677. The first-order chi connectivity index (χ1) is 12.0. The minimum absolute atomic E-state index is 0.0849. The molecule has 7 heteroatoms. The molecule has 2 aromatic rings. The van der Waals surface area contributed by atoms with E-state index in [4.69, 9.17) is 11.6 Å². The Bertz CT molecular complexity index is 689. The third-order valence-corrected chi connectivity index (χ3v) is 5.00. The lowest BCUT2D eigenvalue weighted by molar-refractivity contribution is -0.126. The van der Waals surface area contributed by atoms with E-state index in [2.05, 4.69) is 10.6 Å². The Morgan fingerprint density at radius 1 is 1.24 bits per heavy atom. The second kappa shape index (κ2) is 9.56. The zero-order chi connectivity index (χ0) is 18.2. The molecule has 0 unspecified atom stereocenters. The number of hydrogen-bond donors (Lipinski definition) is 2. The molecule has 0 radical (unpaired) electrons. The first-order valence-corrected chi connectivity index (χ1v) is 9.27. The molecule has 2 N–H and O–H groups in total. The molecule has 1 aromatic heterocycles. The minimum atomic E-state index is -0.390. The van der Waals surface area contributed by atoms with Crippen LogP contribution in [0.4, 0.5) is 5.69 Å². The lowest BCUT2D eigenvalue weighted by Gasteiger charge is -2.23. The van der Waals surface area contributed by atoms with Crippen LogP contribution in [-0.2, 0) is 16.0 Å². The Balaban J connectivity index is 1.74. The number of likely N-dealkylation sites (N-methyl/N-ethyl adjacent to an activating group) is 1. The fourth-order valence-corrected chi connectivity index (χ4v) is 3.04. The molecule has 5 nitrogen and oxygen atoms in total. The van der Waals surface area contributed by atoms with Crippen molar-refractivity contribution in [2.24, 2.45) is 0 Å². The number of anilines is 1. The first-order valence-electron chi connectivity index (χ1n) is 8.01. The molecule has 0 fully saturated rings. The van der Waals surface area contributed by atoms with Gasteiger partial charge in [0.15, 0.2) is 0 Å². The van der Waals surface area contributed by atoms with Crippen molar-refractivity contribution in [1.29, 1.82) is 0 Å². The maximum absolute atomic E-state index is 12.2. The Kier molecular flexibility index (Phi) is 7.43. The third-order valence-electron chi connectivity index (χ3n) is 3.81. The van der Waals surface area contributed by atoms with Gasteiger partial charge in [-0.05, 0) is 56.1 Å². The van der Waals surface area contributed by atoms with Crippen molar-refractivity contribution in [1.82, 2.24) is 10.2 Å². The molecule has 25 heavy (non-hydrogen) atoms. The van der Waals surface area contributed by atoms with Crippen LogP contribution >= 0.6 is 22.9 Å². The number of nitrogens with zero attached hydrogens (tertiary/aromatic N) is 1. The number of carbonyl (C=O) groups is 2. The number of rotatable bonds is 8. The number of thiophene rings is 1. The van der Waals surface area contributed by atoms with Crippen molar-refractivity contribution in [3.63, 3.8) is 0 Å². The number of halogens is 1. The van der Waals surface area contributed by atoms with Gasteiger partial charge in [0.1, 0.15) is 0 Å². The van der Waals surface area contributed by atoms with Gasteiger partial charge in [0, 0.05) is 22.1 Å². The second-order valence-electron chi connectivity index (χ2n) is 5.77. The van der Waals surface area contributed by atoms with E-state index in [0.717, 1.165) is 6.42 Å². The quantitative estimate of drug-likeness (QED) is 0.741. The van der Waals surface area contributed by atoms with Crippen LogP contribution in [-0.4, -0.2) is 42.9 Å². The fourth-order valence-electron chi connectivity index (χ4n) is 2.21. The minimum Gasteiger partial charge on any atom is -0.354 e. The van der Waals surface area contributed by atoms with Crippen LogP contribution in [0.15, 0.2) is 41.8 Å².